The fourth-order valence-corrected chi connectivity index (χ4v) is 2.34. The van der Waals surface area contributed by atoms with Gasteiger partial charge in [0.05, 0.1) is 22.4 Å². The van der Waals surface area contributed by atoms with Crippen LogP contribution in [0.1, 0.15) is 31.2 Å². The van der Waals surface area contributed by atoms with Gasteiger partial charge in [-0.3, -0.25) is 14.4 Å². The number of halogens is 1. The molecule has 1 aromatic rings. The fourth-order valence-electron chi connectivity index (χ4n) is 1.88. The number of hydrogen-bond donors (Lipinski definition) is 1. The summed E-state index contributed by atoms with van der Waals surface area (Å²) in [5, 5.41) is 4.35. The number of rotatable bonds is 7. The van der Waals surface area contributed by atoms with Crippen molar-refractivity contribution in [2.45, 2.75) is 33.2 Å². The molecule has 0 fully saturated rings. The molecule has 0 aromatic carbocycles. The van der Waals surface area contributed by atoms with E-state index in [9.17, 15) is 4.79 Å². The van der Waals surface area contributed by atoms with Gasteiger partial charge in [0.25, 0.3) is 0 Å². The topological polar surface area (TPSA) is 64.2 Å². The highest BCUT2D eigenvalue weighted by atomic mass is 79.9. The molecule has 0 aliphatic heterocycles. The van der Waals surface area contributed by atoms with Gasteiger partial charge in [-0.25, -0.2) is 0 Å². The van der Waals surface area contributed by atoms with Gasteiger partial charge >= 0.3 is 0 Å². The Morgan fingerprint density at radius 2 is 2.22 bits per heavy atom. The molecule has 0 unspecified atom stereocenters. The largest absolute Gasteiger partial charge is 0.369 e. The van der Waals surface area contributed by atoms with Gasteiger partial charge in [-0.05, 0) is 35.8 Å². The third-order valence-electron chi connectivity index (χ3n) is 2.84. The molecular formula is C12H21BrN4O. The van der Waals surface area contributed by atoms with Gasteiger partial charge in [0, 0.05) is 13.6 Å². The van der Waals surface area contributed by atoms with E-state index < -0.39 is 0 Å². The summed E-state index contributed by atoms with van der Waals surface area (Å²) in [6.45, 7) is 5.93. The van der Waals surface area contributed by atoms with E-state index in [1.165, 1.54) is 0 Å². The summed E-state index contributed by atoms with van der Waals surface area (Å²) >= 11 is 3.54. The summed E-state index contributed by atoms with van der Waals surface area (Å²) in [5.74, 6) is -0.291. The van der Waals surface area contributed by atoms with Gasteiger partial charge < -0.3 is 5.73 Å². The molecule has 6 heteroatoms. The Balaban J connectivity index is 2.77. The zero-order chi connectivity index (χ0) is 13.7. The van der Waals surface area contributed by atoms with E-state index in [0.29, 0.717) is 6.54 Å². The Morgan fingerprint density at radius 3 is 2.67 bits per heavy atom. The van der Waals surface area contributed by atoms with Crippen molar-refractivity contribution in [3.63, 3.8) is 0 Å². The first-order valence-corrected chi connectivity index (χ1v) is 6.93. The monoisotopic (exact) mass is 316 g/mol. The van der Waals surface area contributed by atoms with Crippen LogP contribution in [-0.2, 0) is 18.4 Å². The normalized spacial score (nSPS) is 11.2. The number of nitrogens with two attached hydrogens (primary N) is 1. The second kappa shape index (κ2) is 6.89. The van der Waals surface area contributed by atoms with Gasteiger partial charge in [-0.2, -0.15) is 5.10 Å². The Bertz CT molecular complexity index is 416. The third kappa shape index (κ3) is 4.10. The minimum Gasteiger partial charge on any atom is -0.369 e. The van der Waals surface area contributed by atoms with Crippen molar-refractivity contribution < 1.29 is 4.79 Å². The molecule has 0 bridgehead atoms. The lowest BCUT2D eigenvalue weighted by Gasteiger charge is -2.20. The molecule has 2 N–H and O–H groups in total. The number of unbranched alkanes of at least 4 members (excludes halogenated alkanes) is 1. The summed E-state index contributed by atoms with van der Waals surface area (Å²) in [4.78, 5) is 13.1. The molecule has 5 nitrogen and oxygen atoms in total. The summed E-state index contributed by atoms with van der Waals surface area (Å²) in [7, 11) is 1.91. The highest BCUT2D eigenvalue weighted by Gasteiger charge is 2.15. The number of nitrogens with zero attached hydrogens (tertiary/aromatic N) is 3. The number of primary amides is 1. The van der Waals surface area contributed by atoms with Gasteiger partial charge in [-0.1, -0.05) is 13.3 Å². The van der Waals surface area contributed by atoms with Crippen molar-refractivity contribution in [1.29, 1.82) is 0 Å². The first kappa shape index (κ1) is 15.2. The highest BCUT2D eigenvalue weighted by Crippen LogP contribution is 2.21. The number of amides is 1. The minimum atomic E-state index is -0.291. The number of carbonyl (C=O) groups excluding carboxylic acids is 1. The lowest BCUT2D eigenvalue weighted by molar-refractivity contribution is -0.119. The van der Waals surface area contributed by atoms with Crippen molar-refractivity contribution in [2.24, 2.45) is 12.8 Å². The lowest BCUT2D eigenvalue weighted by Crippen LogP contribution is -2.34. The zero-order valence-corrected chi connectivity index (χ0v) is 12.8. The maximum atomic E-state index is 11.1. The van der Waals surface area contributed by atoms with Crippen LogP contribution < -0.4 is 5.73 Å². The summed E-state index contributed by atoms with van der Waals surface area (Å²) in [6, 6.07) is 0. The van der Waals surface area contributed by atoms with E-state index in [2.05, 4.69) is 32.9 Å². The molecule has 0 aliphatic rings. The van der Waals surface area contributed by atoms with E-state index in [4.69, 9.17) is 5.73 Å². The first-order chi connectivity index (χ1) is 8.45. The predicted molar refractivity (Wildman–Crippen MR) is 75.0 cm³/mol. The number of aromatic nitrogens is 2. The van der Waals surface area contributed by atoms with E-state index in [-0.39, 0.29) is 12.5 Å². The van der Waals surface area contributed by atoms with Gasteiger partial charge in [-0.15, -0.1) is 0 Å². The zero-order valence-electron chi connectivity index (χ0n) is 11.2. The molecule has 0 radical (unpaired) electrons. The van der Waals surface area contributed by atoms with E-state index in [1.54, 1.807) is 0 Å². The van der Waals surface area contributed by atoms with E-state index >= 15 is 0 Å². The molecule has 0 saturated heterocycles. The standard InChI is InChI=1S/C12H21BrN4O/c1-4-5-6-17(8-11(14)18)7-10-12(13)9(2)15-16(10)3/h4-8H2,1-3H3,(H2,14,18). The van der Waals surface area contributed by atoms with Crippen LogP contribution in [0.15, 0.2) is 4.47 Å². The van der Waals surface area contributed by atoms with Crippen LogP contribution in [0.4, 0.5) is 0 Å². The Morgan fingerprint density at radius 1 is 1.56 bits per heavy atom. The van der Waals surface area contributed by atoms with Crippen molar-refractivity contribution in [3.05, 3.63) is 15.9 Å². The molecule has 0 spiro atoms. The molecular weight excluding hydrogens is 296 g/mol. The third-order valence-corrected chi connectivity index (χ3v) is 3.87. The van der Waals surface area contributed by atoms with Crippen LogP contribution in [0.5, 0.6) is 0 Å². The summed E-state index contributed by atoms with van der Waals surface area (Å²) in [5.41, 5.74) is 7.32. The van der Waals surface area contributed by atoms with E-state index in [1.807, 2.05) is 18.7 Å². The number of hydrogen-bond acceptors (Lipinski definition) is 3. The van der Waals surface area contributed by atoms with Gasteiger partial charge in [0.1, 0.15) is 0 Å². The molecule has 18 heavy (non-hydrogen) atoms. The molecule has 1 heterocycles. The maximum Gasteiger partial charge on any atom is 0.231 e. The van der Waals surface area contributed by atoms with Crippen LogP contribution in [0.25, 0.3) is 0 Å². The summed E-state index contributed by atoms with van der Waals surface area (Å²) < 4.78 is 2.86. The number of carbonyl (C=O) groups is 1. The minimum absolute atomic E-state index is 0.288. The van der Waals surface area contributed by atoms with Crippen LogP contribution in [0, 0.1) is 6.92 Å². The molecule has 0 saturated carbocycles. The van der Waals surface area contributed by atoms with Gasteiger partial charge in [0.15, 0.2) is 0 Å². The van der Waals surface area contributed by atoms with E-state index in [0.717, 1.165) is 35.2 Å². The maximum absolute atomic E-state index is 11.1. The van der Waals surface area contributed by atoms with Crippen molar-refractivity contribution >= 4 is 21.8 Å². The predicted octanol–water partition coefficient (Wildman–Crippen LogP) is 1.58. The van der Waals surface area contributed by atoms with Gasteiger partial charge in [0.2, 0.25) is 5.91 Å². The van der Waals surface area contributed by atoms with Crippen LogP contribution in [-0.4, -0.2) is 33.7 Å². The SMILES string of the molecule is CCCCN(CC(N)=O)Cc1c(Br)c(C)nn1C. The Kier molecular flexibility index (Phi) is 5.81. The van der Waals surface area contributed by atoms with Crippen molar-refractivity contribution in [2.75, 3.05) is 13.1 Å². The molecule has 1 amide bonds. The highest BCUT2D eigenvalue weighted by molar-refractivity contribution is 9.10. The Labute approximate surface area is 116 Å². The Hall–Kier alpha value is -0.880. The quantitative estimate of drug-likeness (QED) is 0.830. The molecule has 0 atom stereocenters. The second-order valence-corrected chi connectivity index (χ2v) is 5.29. The van der Waals surface area contributed by atoms with Crippen molar-refractivity contribution in [3.8, 4) is 0 Å². The van der Waals surface area contributed by atoms with Crippen LogP contribution >= 0.6 is 15.9 Å². The average molecular weight is 317 g/mol. The molecule has 1 rings (SSSR count). The molecule has 1 aromatic heterocycles. The van der Waals surface area contributed by atoms with Crippen LogP contribution in [0.3, 0.4) is 0 Å². The molecule has 0 aliphatic carbocycles. The first-order valence-electron chi connectivity index (χ1n) is 6.14. The summed E-state index contributed by atoms with van der Waals surface area (Å²) in [6.07, 6.45) is 2.16. The molecule has 102 valence electrons. The average Bonchev–Trinajstić information content (AvgIpc) is 2.52. The van der Waals surface area contributed by atoms with Crippen molar-refractivity contribution in [1.82, 2.24) is 14.7 Å². The second-order valence-electron chi connectivity index (χ2n) is 4.50. The smallest absolute Gasteiger partial charge is 0.231 e. The van der Waals surface area contributed by atoms with Crippen LogP contribution in [0.2, 0.25) is 0 Å². The fraction of sp³-hybridized carbons (Fsp3) is 0.667. The lowest BCUT2D eigenvalue weighted by atomic mass is 10.2. The number of aryl methyl sites for hydroxylation is 2.